The highest BCUT2D eigenvalue weighted by molar-refractivity contribution is 6.31. The van der Waals surface area contributed by atoms with Gasteiger partial charge >= 0.3 is 0 Å². The van der Waals surface area contributed by atoms with Crippen molar-refractivity contribution in [3.8, 4) is 0 Å². The Morgan fingerprint density at radius 2 is 1.95 bits per heavy atom. The van der Waals surface area contributed by atoms with E-state index in [0.29, 0.717) is 49.1 Å². The molecule has 0 atom stereocenters. The minimum absolute atomic E-state index is 0.102. The van der Waals surface area contributed by atoms with Gasteiger partial charge in [0, 0.05) is 24.7 Å². The minimum atomic E-state index is -0.102. The van der Waals surface area contributed by atoms with Gasteiger partial charge in [0.15, 0.2) is 0 Å². The first-order valence-electron chi connectivity index (χ1n) is 7.14. The number of carbonyl (C=O) groups is 1. The molecule has 0 bridgehead atoms. The Balaban J connectivity index is 2.13. The number of hydrogen-bond donors (Lipinski definition) is 2. The minimum Gasteiger partial charge on any atom is -0.397 e. The number of ether oxygens (including phenoxy) is 2. The molecule has 0 saturated carbocycles. The normalized spacial score (nSPS) is 10.6. The van der Waals surface area contributed by atoms with Crippen LogP contribution in [0.1, 0.15) is 26.2 Å². The first-order valence-corrected chi connectivity index (χ1v) is 7.51. The summed E-state index contributed by atoms with van der Waals surface area (Å²) >= 11 is 5.86. The summed E-state index contributed by atoms with van der Waals surface area (Å²) < 4.78 is 10.7. The summed E-state index contributed by atoms with van der Waals surface area (Å²) in [6.45, 7) is 4.51. The Morgan fingerprint density at radius 1 is 1.24 bits per heavy atom. The van der Waals surface area contributed by atoms with Gasteiger partial charge in [0.2, 0.25) is 5.91 Å². The number of amides is 1. The zero-order valence-electron chi connectivity index (χ0n) is 12.4. The van der Waals surface area contributed by atoms with E-state index in [2.05, 4.69) is 12.2 Å². The molecule has 118 valence electrons. The lowest BCUT2D eigenvalue weighted by molar-refractivity contribution is -0.116. The molecule has 1 amide bonds. The van der Waals surface area contributed by atoms with Gasteiger partial charge in [-0.15, -0.1) is 0 Å². The van der Waals surface area contributed by atoms with Gasteiger partial charge in [-0.2, -0.15) is 0 Å². The highest BCUT2D eigenvalue weighted by atomic mass is 35.5. The van der Waals surface area contributed by atoms with Crippen molar-refractivity contribution in [1.29, 1.82) is 0 Å². The van der Waals surface area contributed by atoms with Crippen LogP contribution in [-0.2, 0) is 14.3 Å². The van der Waals surface area contributed by atoms with E-state index in [1.54, 1.807) is 18.2 Å². The number of nitrogen functional groups attached to an aromatic ring is 1. The van der Waals surface area contributed by atoms with Gasteiger partial charge in [-0.1, -0.05) is 18.5 Å². The summed E-state index contributed by atoms with van der Waals surface area (Å²) in [6, 6.07) is 4.98. The molecule has 1 aromatic carbocycles. The maximum Gasteiger partial charge on any atom is 0.224 e. The van der Waals surface area contributed by atoms with E-state index in [-0.39, 0.29) is 5.91 Å². The number of anilines is 2. The largest absolute Gasteiger partial charge is 0.397 e. The van der Waals surface area contributed by atoms with Crippen LogP contribution in [0.5, 0.6) is 0 Å². The third kappa shape index (κ3) is 7.90. The maximum atomic E-state index is 11.8. The summed E-state index contributed by atoms with van der Waals surface area (Å²) in [7, 11) is 0. The highest BCUT2D eigenvalue weighted by Gasteiger charge is 2.05. The molecule has 0 aliphatic rings. The molecule has 5 nitrogen and oxygen atoms in total. The van der Waals surface area contributed by atoms with Crippen LogP contribution < -0.4 is 11.1 Å². The molecule has 3 N–H and O–H groups in total. The summed E-state index contributed by atoms with van der Waals surface area (Å²) in [6.07, 6.45) is 2.04. The van der Waals surface area contributed by atoms with E-state index >= 15 is 0 Å². The predicted octanol–water partition coefficient (Wildman–Crippen LogP) is 3.08. The van der Waals surface area contributed by atoms with Crippen molar-refractivity contribution in [2.45, 2.75) is 26.2 Å². The monoisotopic (exact) mass is 314 g/mol. The maximum absolute atomic E-state index is 11.8. The van der Waals surface area contributed by atoms with Crippen LogP contribution in [0.15, 0.2) is 18.2 Å². The summed E-state index contributed by atoms with van der Waals surface area (Å²) in [5.41, 5.74) is 6.80. The quantitative estimate of drug-likeness (QED) is 0.514. The molecule has 6 heteroatoms. The van der Waals surface area contributed by atoms with E-state index in [1.807, 2.05) is 0 Å². The Bertz CT molecular complexity index is 441. The predicted molar refractivity (Wildman–Crippen MR) is 85.7 cm³/mol. The van der Waals surface area contributed by atoms with Crippen LogP contribution in [-0.4, -0.2) is 32.3 Å². The Morgan fingerprint density at radius 3 is 2.67 bits per heavy atom. The van der Waals surface area contributed by atoms with Crippen LogP contribution in [0.4, 0.5) is 11.4 Å². The second-order valence-electron chi connectivity index (χ2n) is 4.61. The second-order valence-corrected chi connectivity index (χ2v) is 5.04. The fourth-order valence-electron chi connectivity index (χ4n) is 1.65. The van der Waals surface area contributed by atoms with E-state index in [1.165, 1.54) is 0 Å². The third-order valence-corrected chi connectivity index (χ3v) is 2.94. The zero-order chi connectivity index (χ0) is 15.5. The lowest BCUT2D eigenvalue weighted by Crippen LogP contribution is -2.14. The molecule has 0 saturated heterocycles. The molecule has 0 radical (unpaired) electrons. The molecule has 0 aliphatic carbocycles. The van der Waals surface area contributed by atoms with Crippen LogP contribution in [0.3, 0.4) is 0 Å². The van der Waals surface area contributed by atoms with E-state index < -0.39 is 0 Å². The Hall–Kier alpha value is -1.30. The standard InChI is InChI=1S/C15H23ClN2O3/c1-2-7-20-9-10-21-8-3-4-15(19)18-14-11-12(16)5-6-13(14)17/h5-6,11H,2-4,7-10,17H2,1H3,(H,18,19). The number of halogens is 1. The zero-order valence-corrected chi connectivity index (χ0v) is 13.1. The molecular weight excluding hydrogens is 292 g/mol. The molecular formula is C15H23ClN2O3. The van der Waals surface area contributed by atoms with Crippen molar-refractivity contribution in [2.75, 3.05) is 37.5 Å². The van der Waals surface area contributed by atoms with Gasteiger partial charge in [0.1, 0.15) is 0 Å². The summed E-state index contributed by atoms with van der Waals surface area (Å²) in [5, 5.41) is 3.28. The van der Waals surface area contributed by atoms with Crippen molar-refractivity contribution < 1.29 is 14.3 Å². The first kappa shape index (κ1) is 17.8. The van der Waals surface area contributed by atoms with Gasteiger partial charge in [-0.05, 0) is 31.0 Å². The van der Waals surface area contributed by atoms with Crippen molar-refractivity contribution in [2.24, 2.45) is 0 Å². The number of benzene rings is 1. The molecule has 0 heterocycles. The van der Waals surface area contributed by atoms with Gasteiger partial charge in [0.25, 0.3) is 0 Å². The van der Waals surface area contributed by atoms with Crippen LogP contribution in [0, 0.1) is 0 Å². The average molecular weight is 315 g/mol. The molecule has 21 heavy (non-hydrogen) atoms. The van der Waals surface area contributed by atoms with Gasteiger partial charge in [-0.25, -0.2) is 0 Å². The molecule has 0 aromatic heterocycles. The SMILES string of the molecule is CCCOCCOCCCC(=O)Nc1cc(Cl)ccc1N. The van der Waals surface area contributed by atoms with Gasteiger partial charge in [-0.3, -0.25) is 4.79 Å². The summed E-state index contributed by atoms with van der Waals surface area (Å²) in [4.78, 5) is 11.8. The fraction of sp³-hybridized carbons (Fsp3) is 0.533. The number of nitrogens with one attached hydrogen (secondary N) is 1. The number of hydrogen-bond acceptors (Lipinski definition) is 4. The smallest absolute Gasteiger partial charge is 0.224 e. The number of nitrogens with two attached hydrogens (primary N) is 1. The van der Waals surface area contributed by atoms with Gasteiger partial charge < -0.3 is 20.5 Å². The van der Waals surface area contributed by atoms with Crippen molar-refractivity contribution in [1.82, 2.24) is 0 Å². The lowest BCUT2D eigenvalue weighted by atomic mass is 10.2. The second kappa shape index (κ2) is 10.4. The van der Waals surface area contributed by atoms with Crippen LogP contribution >= 0.6 is 11.6 Å². The van der Waals surface area contributed by atoms with E-state index in [4.69, 9.17) is 26.8 Å². The van der Waals surface area contributed by atoms with Crippen molar-refractivity contribution in [3.63, 3.8) is 0 Å². The highest BCUT2D eigenvalue weighted by Crippen LogP contribution is 2.23. The van der Waals surface area contributed by atoms with E-state index in [9.17, 15) is 4.79 Å². The topological polar surface area (TPSA) is 73.6 Å². The van der Waals surface area contributed by atoms with Crippen LogP contribution in [0.2, 0.25) is 5.02 Å². The summed E-state index contributed by atoms with van der Waals surface area (Å²) in [5.74, 6) is -0.102. The Kier molecular flexibility index (Phi) is 8.82. The molecule has 0 fully saturated rings. The fourth-order valence-corrected chi connectivity index (χ4v) is 1.82. The lowest BCUT2D eigenvalue weighted by Gasteiger charge is -2.09. The molecule has 0 unspecified atom stereocenters. The molecule has 1 rings (SSSR count). The van der Waals surface area contributed by atoms with E-state index in [0.717, 1.165) is 13.0 Å². The molecule has 0 aliphatic heterocycles. The first-order chi connectivity index (χ1) is 10.1. The van der Waals surface area contributed by atoms with Crippen molar-refractivity contribution >= 4 is 28.9 Å². The van der Waals surface area contributed by atoms with Crippen LogP contribution in [0.25, 0.3) is 0 Å². The van der Waals surface area contributed by atoms with Crippen molar-refractivity contribution in [3.05, 3.63) is 23.2 Å². The number of rotatable bonds is 10. The number of carbonyl (C=O) groups excluding carboxylic acids is 1. The Labute approximate surface area is 130 Å². The average Bonchev–Trinajstić information content (AvgIpc) is 2.46. The van der Waals surface area contributed by atoms with Gasteiger partial charge in [0.05, 0.1) is 24.6 Å². The molecule has 0 spiro atoms. The molecule has 1 aromatic rings. The third-order valence-electron chi connectivity index (χ3n) is 2.70.